The van der Waals surface area contributed by atoms with Crippen LogP contribution in [-0.2, 0) is 19.5 Å². The molecule has 1 unspecified atom stereocenters. The molecule has 1 saturated heterocycles. The van der Waals surface area contributed by atoms with Gasteiger partial charge in [-0.2, -0.15) is 5.10 Å². The van der Waals surface area contributed by atoms with Crippen molar-refractivity contribution in [3.8, 4) is 22.5 Å². The zero-order valence-corrected chi connectivity index (χ0v) is 23.4. The molecule has 12 nitrogen and oxygen atoms in total. The summed E-state index contributed by atoms with van der Waals surface area (Å²) >= 11 is 6.26. The summed E-state index contributed by atoms with van der Waals surface area (Å²) in [4.78, 5) is 20.5. The Morgan fingerprint density at radius 2 is 2.05 bits per heavy atom. The van der Waals surface area contributed by atoms with Crippen LogP contribution in [0.25, 0.3) is 22.5 Å². The van der Waals surface area contributed by atoms with Gasteiger partial charge in [0.05, 0.1) is 24.7 Å². The minimum absolute atomic E-state index is 0.0287. The second-order valence-electron chi connectivity index (χ2n) is 9.51. The Labute approximate surface area is 230 Å². The van der Waals surface area contributed by atoms with E-state index in [9.17, 15) is 13.2 Å². The lowest BCUT2D eigenvalue weighted by Gasteiger charge is -2.26. The molecule has 4 rings (SSSR count). The van der Waals surface area contributed by atoms with Crippen molar-refractivity contribution in [3.63, 3.8) is 0 Å². The first kappa shape index (κ1) is 28.5. The smallest absolute Gasteiger partial charge is 0.408 e. The van der Waals surface area contributed by atoms with E-state index in [4.69, 9.17) is 16.3 Å². The lowest BCUT2D eigenvalue weighted by molar-refractivity contribution is -0.0393. The van der Waals surface area contributed by atoms with Crippen molar-refractivity contribution in [2.45, 2.75) is 45.0 Å². The second kappa shape index (κ2) is 11.3. The van der Waals surface area contributed by atoms with Crippen molar-refractivity contribution in [1.82, 2.24) is 25.1 Å². The van der Waals surface area contributed by atoms with E-state index in [-0.39, 0.29) is 34.1 Å². The van der Waals surface area contributed by atoms with Crippen LogP contribution in [0.1, 0.15) is 39.3 Å². The molecule has 1 aromatic carbocycles. The van der Waals surface area contributed by atoms with Crippen LogP contribution in [0.2, 0.25) is 5.02 Å². The highest BCUT2D eigenvalue weighted by atomic mass is 35.5. The fraction of sp³-hybridized carbons (Fsp3) is 0.417. The van der Waals surface area contributed by atoms with E-state index in [1.54, 1.807) is 30.8 Å². The average molecular weight is 582 g/mol. The highest BCUT2D eigenvalue weighted by Gasteiger charge is 2.26. The molecular formula is C24H29ClFN7O5S. The molecule has 1 aliphatic heterocycles. The van der Waals surface area contributed by atoms with Crippen LogP contribution in [0.3, 0.4) is 0 Å². The van der Waals surface area contributed by atoms with E-state index in [1.807, 2.05) is 0 Å². The number of ether oxygens (including phenoxy) is 2. The lowest BCUT2D eigenvalue weighted by Crippen LogP contribution is -2.49. The number of hydrogen-bond acceptors (Lipinski definition) is 9. The van der Waals surface area contributed by atoms with Gasteiger partial charge in [0.2, 0.25) is 16.0 Å². The van der Waals surface area contributed by atoms with Crippen molar-refractivity contribution in [2.24, 2.45) is 0 Å². The molecule has 0 radical (unpaired) electrons. The van der Waals surface area contributed by atoms with Gasteiger partial charge in [-0.1, -0.05) is 11.6 Å². The zero-order valence-electron chi connectivity index (χ0n) is 21.8. The summed E-state index contributed by atoms with van der Waals surface area (Å²) in [5.74, 6) is -0.677. The minimum atomic E-state index is -3.79. The number of carbonyl (C=O) groups is 1. The molecule has 3 aromatic rings. The number of nitrogens with one attached hydrogen (secondary N) is 3. The molecule has 1 fully saturated rings. The quantitative estimate of drug-likeness (QED) is 0.329. The first-order valence-electron chi connectivity index (χ1n) is 12.0. The number of hydrogen-bond donors (Lipinski definition) is 3. The van der Waals surface area contributed by atoms with Crippen molar-refractivity contribution in [3.05, 3.63) is 41.4 Å². The average Bonchev–Trinajstić information content (AvgIpc) is 3.30. The molecular weight excluding hydrogens is 553 g/mol. The minimum Gasteiger partial charge on any atom is -0.453 e. The molecule has 0 bridgehead atoms. The molecule has 0 spiro atoms. The summed E-state index contributed by atoms with van der Waals surface area (Å²) < 4.78 is 53.7. The number of amides is 1. The third-order valence-corrected chi connectivity index (χ3v) is 6.54. The lowest BCUT2D eigenvalue weighted by atomic mass is 10.0. The number of carbonyl (C=O) groups excluding carboxylic acids is 1. The number of anilines is 2. The van der Waals surface area contributed by atoms with Crippen LogP contribution in [-0.4, -0.2) is 59.9 Å². The monoisotopic (exact) mass is 581 g/mol. The second-order valence-corrected chi connectivity index (χ2v) is 11.7. The van der Waals surface area contributed by atoms with E-state index >= 15 is 4.39 Å². The summed E-state index contributed by atoms with van der Waals surface area (Å²) in [7, 11) is -2.53. The molecule has 15 heteroatoms. The Bertz CT molecular complexity index is 1480. The fourth-order valence-corrected chi connectivity index (χ4v) is 4.85. The molecule has 1 atom stereocenters. The van der Waals surface area contributed by atoms with E-state index in [0.717, 1.165) is 19.1 Å². The van der Waals surface area contributed by atoms with Crippen molar-refractivity contribution in [2.75, 3.05) is 30.0 Å². The molecule has 0 saturated carbocycles. The van der Waals surface area contributed by atoms with Crippen LogP contribution >= 0.6 is 11.6 Å². The Morgan fingerprint density at radius 1 is 1.28 bits per heavy atom. The van der Waals surface area contributed by atoms with Gasteiger partial charge in [-0.15, -0.1) is 0 Å². The number of halogens is 2. The largest absolute Gasteiger partial charge is 0.453 e. The number of benzene rings is 1. The van der Waals surface area contributed by atoms with Crippen LogP contribution in [0.15, 0.2) is 30.6 Å². The SMILES string of the molecule is COC(=O)NC(C)(C)Nc1nccc(-c2cn(C3CCCCO3)nc2-c2cc(Cl)cc(NS(C)(=O)=O)c2F)n1. The fourth-order valence-electron chi connectivity index (χ4n) is 4.08. The van der Waals surface area contributed by atoms with Crippen LogP contribution in [0.5, 0.6) is 0 Å². The van der Waals surface area contributed by atoms with Crippen LogP contribution < -0.4 is 15.4 Å². The topological polar surface area (TPSA) is 149 Å². The normalized spacial score (nSPS) is 16.0. The molecule has 210 valence electrons. The molecule has 39 heavy (non-hydrogen) atoms. The van der Waals surface area contributed by atoms with E-state index in [0.29, 0.717) is 24.3 Å². The maximum absolute atomic E-state index is 15.7. The first-order chi connectivity index (χ1) is 18.3. The predicted molar refractivity (Wildman–Crippen MR) is 144 cm³/mol. The third kappa shape index (κ3) is 7.13. The molecule has 2 aromatic heterocycles. The van der Waals surface area contributed by atoms with Gasteiger partial charge in [-0.3, -0.25) is 10.0 Å². The maximum Gasteiger partial charge on any atom is 0.408 e. The predicted octanol–water partition coefficient (Wildman–Crippen LogP) is 4.37. The number of aromatic nitrogens is 4. The Morgan fingerprint density at radius 3 is 2.72 bits per heavy atom. The molecule has 3 heterocycles. The Balaban J connectivity index is 1.81. The zero-order chi connectivity index (χ0) is 28.4. The highest BCUT2D eigenvalue weighted by molar-refractivity contribution is 7.92. The van der Waals surface area contributed by atoms with Gasteiger partial charge in [0.15, 0.2) is 5.82 Å². The number of methoxy groups -OCH3 is 1. The number of sulfonamides is 1. The summed E-state index contributed by atoms with van der Waals surface area (Å²) in [6, 6.07) is 4.17. The Hall–Kier alpha value is -3.49. The van der Waals surface area contributed by atoms with Crippen molar-refractivity contribution < 1.29 is 27.1 Å². The van der Waals surface area contributed by atoms with Gasteiger partial charge in [0, 0.05) is 35.2 Å². The standard InChI is InChI=1S/C24H29ClFN7O5S/c1-24(2,30-23(34)37-3)29-22-27-9-8-17(28-22)16-13-33(19-7-5-6-10-38-19)31-21(16)15-11-14(25)12-18(20(15)26)32-39(4,35)36/h8-9,11-13,19,32H,5-7,10H2,1-4H3,(H,30,34)(H,27,28,29). The molecule has 0 aliphatic carbocycles. The molecule has 1 amide bonds. The van der Waals surface area contributed by atoms with Gasteiger partial charge >= 0.3 is 6.09 Å². The maximum atomic E-state index is 15.7. The first-order valence-corrected chi connectivity index (χ1v) is 14.3. The third-order valence-electron chi connectivity index (χ3n) is 5.73. The van der Waals surface area contributed by atoms with E-state index in [1.165, 1.54) is 25.4 Å². The number of nitrogens with zero attached hydrogens (tertiary/aromatic N) is 4. The summed E-state index contributed by atoms with van der Waals surface area (Å²) in [5.41, 5.74) is -0.318. The van der Waals surface area contributed by atoms with Gasteiger partial charge in [0.25, 0.3) is 0 Å². The number of rotatable bonds is 8. The van der Waals surface area contributed by atoms with E-state index in [2.05, 4.69) is 35.2 Å². The van der Waals surface area contributed by atoms with Gasteiger partial charge < -0.3 is 14.8 Å². The molecule has 1 aliphatic rings. The Kier molecular flexibility index (Phi) is 8.28. The summed E-state index contributed by atoms with van der Waals surface area (Å²) in [5, 5.41) is 10.4. The van der Waals surface area contributed by atoms with Crippen LogP contribution in [0.4, 0.5) is 20.8 Å². The van der Waals surface area contributed by atoms with Crippen molar-refractivity contribution in [1.29, 1.82) is 0 Å². The van der Waals surface area contributed by atoms with Crippen molar-refractivity contribution >= 4 is 39.4 Å². The number of alkyl carbamates (subject to hydrolysis) is 1. The van der Waals surface area contributed by atoms with E-state index < -0.39 is 27.6 Å². The van der Waals surface area contributed by atoms with Gasteiger partial charge in [0.1, 0.15) is 17.6 Å². The van der Waals surface area contributed by atoms with Gasteiger partial charge in [-0.05, 0) is 51.3 Å². The summed E-state index contributed by atoms with van der Waals surface area (Å²) in [6.45, 7) is 3.95. The summed E-state index contributed by atoms with van der Waals surface area (Å²) in [6.07, 6.45) is 5.67. The highest BCUT2D eigenvalue weighted by Crippen LogP contribution is 2.38. The van der Waals surface area contributed by atoms with Gasteiger partial charge in [-0.25, -0.2) is 32.3 Å². The van der Waals surface area contributed by atoms with Crippen LogP contribution in [0, 0.1) is 5.82 Å². The molecule has 3 N–H and O–H groups in total.